The summed E-state index contributed by atoms with van der Waals surface area (Å²) < 4.78 is 9.72. The van der Waals surface area contributed by atoms with Gasteiger partial charge < -0.3 is 19.8 Å². The third-order valence-electron chi connectivity index (χ3n) is 3.87. The first-order valence-corrected chi connectivity index (χ1v) is 9.08. The van der Waals surface area contributed by atoms with Gasteiger partial charge in [-0.05, 0) is 19.1 Å². The Bertz CT molecular complexity index is 1050. The number of aromatic nitrogens is 2. The summed E-state index contributed by atoms with van der Waals surface area (Å²) in [7, 11) is 2.80. The first-order valence-electron chi connectivity index (χ1n) is 7.89. The van der Waals surface area contributed by atoms with Gasteiger partial charge >= 0.3 is 6.09 Å². The minimum atomic E-state index is -0.573. The Kier molecular flexibility index (Phi) is 5.52. The van der Waals surface area contributed by atoms with E-state index in [1.54, 1.807) is 18.2 Å². The molecule has 0 bridgehead atoms. The van der Waals surface area contributed by atoms with Crippen molar-refractivity contribution in [3.63, 3.8) is 0 Å². The van der Waals surface area contributed by atoms with Gasteiger partial charge in [0.2, 0.25) is 0 Å². The second-order valence-electron chi connectivity index (χ2n) is 5.64. The van der Waals surface area contributed by atoms with Crippen LogP contribution in [0, 0.1) is 0 Å². The molecular formula is C17H17ClN4O4S. The Morgan fingerprint density at radius 1 is 1.33 bits per heavy atom. The molecule has 1 aromatic carbocycles. The maximum absolute atomic E-state index is 12.5. The minimum absolute atomic E-state index is 0.226. The molecule has 0 radical (unpaired) electrons. The zero-order valence-electron chi connectivity index (χ0n) is 14.8. The summed E-state index contributed by atoms with van der Waals surface area (Å²) in [6, 6.07) is 4.88. The number of aromatic amines is 1. The van der Waals surface area contributed by atoms with Crippen LogP contribution in [0.4, 0.5) is 14.9 Å². The highest BCUT2D eigenvalue weighted by atomic mass is 35.5. The average Bonchev–Trinajstić information content (AvgIpc) is 3.07. The molecule has 2 aromatic heterocycles. The minimum Gasteiger partial charge on any atom is -0.495 e. The number of H-pyrrole nitrogens is 1. The van der Waals surface area contributed by atoms with E-state index in [9.17, 15) is 9.59 Å². The van der Waals surface area contributed by atoms with Crippen LogP contribution < -0.4 is 20.9 Å². The molecule has 27 heavy (non-hydrogen) atoms. The van der Waals surface area contributed by atoms with Gasteiger partial charge in [0.05, 0.1) is 37.0 Å². The van der Waals surface area contributed by atoms with Crippen molar-refractivity contribution in [2.24, 2.45) is 0 Å². The third kappa shape index (κ3) is 4.15. The molecule has 3 aromatic rings. The summed E-state index contributed by atoms with van der Waals surface area (Å²) in [6.45, 7) is 1.84. The van der Waals surface area contributed by atoms with E-state index in [-0.39, 0.29) is 11.6 Å². The van der Waals surface area contributed by atoms with E-state index in [1.165, 1.54) is 31.8 Å². The molecule has 3 N–H and O–H groups in total. The molecule has 0 aliphatic rings. The lowest BCUT2D eigenvalue weighted by molar-refractivity contribution is 0.187. The number of carbonyl (C=O) groups excluding carboxylic acids is 1. The molecule has 0 aliphatic heterocycles. The molecule has 1 atom stereocenters. The highest BCUT2D eigenvalue weighted by molar-refractivity contribution is 7.19. The van der Waals surface area contributed by atoms with Crippen LogP contribution in [-0.2, 0) is 4.74 Å². The van der Waals surface area contributed by atoms with Crippen molar-refractivity contribution in [2.75, 3.05) is 24.9 Å². The van der Waals surface area contributed by atoms with Crippen molar-refractivity contribution >= 4 is 50.1 Å². The largest absolute Gasteiger partial charge is 0.495 e. The van der Waals surface area contributed by atoms with E-state index in [0.717, 1.165) is 5.39 Å². The highest BCUT2D eigenvalue weighted by Crippen LogP contribution is 2.30. The lowest BCUT2D eigenvalue weighted by Gasteiger charge is -2.14. The number of anilines is 2. The number of nitrogens with one attached hydrogen (secondary N) is 3. The molecule has 3 rings (SSSR count). The van der Waals surface area contributed by atoms with E-state index in [1.807, 2.05) is 6.92 Å². The fourth-order valence-corrected chi connectivity index (χ4v) is 3.55. The Labute approximate surface area is 163 Å². The van der Waals surface area contributed by atoms with Crippen molar-refractivity contribution in [3.8, 4) is 5.75 Å². The Morgan fingerprint density at radius 2 is 2.11 bits per heavy atom. The van der Waals surface area contributed by atoms with E-state index in [2.05, 4.69) is 25.3 Å². The van der Waals surface area contributed by atoms with Crippen molar-refractivity contribution < 1.29 is 14.3 Å². The maximum Gasteiger partial charge on any atom is 0.412 e. The maximum atomic E-state index is 12.5. The van der Waals surface area contributed by atoms with Crippen LogP contribution in [0.25, 0.3) is 10.9 Å². The molecule has 2 heterocycles. The van der Waals surface area contributed by atoms with Crippen LogP contribution in [0.3, 0.4) is 0 Å². The standard InChI is InChI=1S/C17H17ClN4O4S/c1-8(20-16-19-7-14(27-16)22-17(24)26-3)10-4-9-5-11(18)13(25-2)6-12(9)21-15(10)23/h4-8H,1-3H3,(H,19,20)(H,21,23)(H,22,24)/t8-/m0/s1. The van der Waals surface area contributed by atoms with Crippen molar-refractivity contribution in [1.29, 1.82) is 0 Å². The smallest absolute Gasteiger partial charge is 0.412 e. The molecule has 0 fully saturated rings. The van der Waals surface area contributed by atoms with Gasteiger partial charge in [-0.1, -0.05) is 22.9 Å². The van der Waals surface area contributed by atoms with Gasteiger partial charge in [0.15, 0.2) is 5.13 Å². The van der Waals surface area contributed by atoms with Gasteiger partial charge in [-0.25, -0.2) is 9.78 Å². The number of thiazole rings is 1. The van der Waals surface area contributed by atoms with Crippen LogP contribution in [0.2, 0.25) is 5.02 Å². The number of amides is 1. The second-order valence-corrected chi connectivity index (χ2v) is 7.08. The van der Waals surface area contributed by atoms with Crippen molar-refractivity contribution in [2.45, 2.75) is 13.0 Å². The number of hydrogen-bond acceptors (Lipinski definition) is 7. The zero-order chi connectivity index (χ0) is 19.6. The normalized spacial score (nSPS) is 11.9. The second kappa shape index (κ2) is 7.85. The molecule has 0 saturated heterocycles. The van der Waals surface area contributed by atoms with E-state index in [4.69, 9.17) is 16.3 Å². The van der Waals surface area contributed by atoms with Gasteiger partial charge in [-0.2, -0.15) is 0 Å². The number of pyridine rings is 1. The number of rotatable bonds is 5. The summed E-state index contributed by atoms with van der Waals surface area (Å²) in [4.78, 5) is 30.7. The number of ether oxygens (including phenoxy) is 2. The molecule has 8 nitrogen and oxygen atoms in total. The monoisotopic (exact) mass is 408 g/mol. The predicted octanol–water partition coefficient (Wildman–Crippen LogP) is 4.00. The quantitative estimate of drug-likeness (QED) is 0.589. The summed E-state index contributed by atoms with van der Waals surface area (Å²) in [5.74, 6) is 0.493. The Hall–Kier alpha value is -2.78. The van der Waals surface area contributed by atoms with Gasteiger partial charge in [-0.3, -0.25) is 10.1 Å². The molecule has 142 valence electrons. The summed E-state index contributed by atoms with van der Waals surface area (Å²) in [5, 5.41) is 8.02. The first kappa shape index (κ1) is 19.0. The first-order chi connectivity index (χ1) is 12.9. The zero-order valence-corrected chi connectivity index (χ0v) is 16.3. The van der Waals surface area contributed by atoms with Gasteiger partial charge in [-0.15, -0.1) is 0 Å². The number of halogens is 1. The Morgan fingerprint density at radius 3 is 2.81 bits per heavy atom. The molecular weight excluding hydrogens is 392 g/mol. The van der Waals surface area contributed by atoms with E-state index >= 15 is 0 Å². The Balaban J connectivity index is 1.85. The van der Waals surface area contributed by atoms with Crippen LogP contribution in [-0.4, -0.2) is 30.3 Å². The third-order valence-corrected chi connectivity index (χ3v) is 5.01. The summed E-state index contributed by atoms with van der Waals surface area (Å²) >= 11 is 7.41. The van der Waals surface area contributed by atoms with E-state index < -0.39 is 6.09 Å². The van der Waals surface area contributed by atoms with Crippen LogP contribution in [0.5, 0.6) is 5.75 Å². The number of fused-ring (bicyclic) bond motifs is 1. The molecule has 0 spiro atoms. The average molecular weight is 409 g/mol. The van der Waals surface area contributed by atoms with Crippen molar-refractivity contribution in [1.82, 2.24) is 9.97 Å². The SMILES string of the molecule is COC(=O)Nc1cnc(N[C@@H](C)c2cc3cc(Cl)c(OC)cc3[nH]c2=O)s1. The summed E-state index contributed by atoms with van der Waals surface area (Å²) in [6.07, 6.45) is 0.935. The number of nitrogens with zero attached hydrogens (tertiary/aromatic N) is 1. The molecule has 0 saturated carbocycles. The number of hydrogen-bond donors (Lipinski definition) is 3. The van der Waals surface area contributed by atoms with Gasteiger partial charge in [0.1, 0.15) is 10.8 Å². The fourth-order valence-electron chi connectivity index (χ4n) is 2.52. The van der Waals surface area contributed by atoms with Crippen LogP contribution in [0.1, 0.15) is 18.5 Å². The fraction of sp³-hybridized carbons (Fsp3) is 0.235. The molecule has 0 unspecified atom stereocenters. The molecule has 0 aliphatic carbocycles. The molecule has 10 heteroatoms. The van der Waals surface area contributed by atoms with Crippen LogP contribution >= 0.6 is 22.9 Å². The highest BCUT2D eigenvalue weighted by Gasteiger charge is 2.15. The number of carbonyl (C=O) groups is 1. The number of benzene rings is 1. The van der Waals surface area contributed by atoms with Gasteiger partial charge in [0.25, 0.3) is 5.56 Å². The van der Waals surface area contributed by atoms with E-state index in [0.29, 0.717) is 32.0 Å². The summed E-state index contributed by atoms with van der Waals surface area (Å²) in [5.41, 5.74) is 0.939. The predicted molar refractivity (Wildman–Crippen MR) is 106 cm³/mol. The lowest BCUT2D eigenvalue weighted by Crippen LogP contribution is -2.19. The number of methoxy groups -OCH3 is 2. The topological polar surface area (TPSA) is 105 Å². The van der Waals surface area contributed by atoms with Crippen molar-refractivity contribution in [3.05, 3.63) is 45.3 Å². The van der Waals surface area contributed by atoms with Gasteiger partial charge in [0, 0.05) is 17.0 Å². The van der Waals surface area contributed by atoms with Crippen LogP contribution in [0.15, 0.2) is 29.2 Å². The lowest BCUT2D eigenvalue weighted by atomic mass is 10.1. The molecule has 1 amide bonds.